The van der Waals surface area contributed by atoms with E-state index < -0.39 is 0 Å². The molecule has 18 heavy (non-hydrogen) atoms. The fraction of sp³-hybridized carbons (Fsp3) is 0.250. The Morgan fingerprint density at radius 1 is 1.44 bits per heavy atom. The van der Waals surface area contributed by atoms with Crippen LogP contribution in [0.3, 0.4) is 0 Å². The van der Waals surface area contributed by atoms with Gasteiger partial charge in [-0.25, -0.2) is 4.98 Å². The molecule has 2 rings (SSSR count). The molecule has 0 aromatic carbocycles. The third kappa shape index (κ3) is 2.65. The second kappa shape index (κ2) is 4.87. The van der Waals surface area contributed by atoms with Gasteiger partial charge in [0.15, 0.2) is 0 Å². The summed E-state index contributed by atoms with van der Waals surface area (Å²) in [6.07, 6.45) is 5.10. The fourth-order valence-corrected chi connectivity index (χ4v) is 1.65. The molecular formula is C12H15N5O. The molecular weight excluding hydrogens is 230 g/mol. The van der Waals surface area contributed by atoms with Gasteiger partial charge in [-0.3, -0.25) is 9.48 Å². The van der Waals surface area contributed by atoms with Crippen molar-refractivity contribution in [3.63, 3.8) is 0 Å². The van der Waals surface area contributed by atoms with Crippen LogP contribution >= 0.6 is 0 Å². The van der Waals surface area contributed by atoms with E-state index in [-0.39, 0.29) is 5.91 Å². The molecule has 6 nitrogen and oxygen atoms in total. The molecule has 2 aromatic rings. The second-order valence-corrected chi connectivity index (χ2v) is 4.16. The van der Waals surface area contributed by atoms with Crippen molar-refractivity contribution in [3.8, 4) is 0 Å². The number of nitrogen functional groups attached to an aromatic ring is 1. The molecule has 0 bridgehead atoms. The number of carbonyl (C=O) groups is 1. The van der Waals surface area contributed by atoms with E-state index in [1.165, 1.54) is 6.20 Å². The highest BCUT2D eigenvalue weighted by Gasteiger charge is 2.12. The second-order valence-electron chi connectivity index (χ2n) is 4.16. The van der Waals surface area contributed by atoms with Crippen molar-refractivity contribution in [3.05, 3.63) is 41.9 Å². The lowest BCUT2D eigenvalue weighted by Crippen LogP contribution is -2.26. The van der Waals surface area contributed by atoms with Gasteiger partial charge in [-0.2, -0.15) is 5.10 Å². The number of nitrogens with zero attached hydrogens (tertiary/aromatic N) is 4. The van der Waals surface area contributed by atoms with Gasteiger partial charge in [-0.15, -0.1) is 0 Å². The summed E-state index contributed by atoms with van der Waals surface area (Å²) >= 11 is 0. The lowest BCUT2D eigenvalue weighted by atomic mass is 10.2. The van der Waals surface area contributed by atoms with Crippen molar-refractivity contribution >= 4 is 11.7 Å². The molecule has 0 aliphatic rings. The Morgan fingerprint density at radius 3 is 2.78 bits per heavy atom. The number of carbonyl (C=O) groups excluding carboxylic acids is 1. The monoisotopic (exact) mass is 245 g/mol. The van der Waals surface area contributed by atoms with Gasteiger partial charge in [0.25, 0.3) is 5.91 Å². The Morgan fingerprint density at radius 2 is 2.22 bits per heavy atom. The van der Waals surface area contributed by atoms with Crippen molar-refractivity contribution < 1.29 is 4.79 Å². The summed E-state index contributed by atoms with van der Waals surface area (Å²) in [5.41, 5.74) is 6.99. The maximum atomic E-state index is 12.1. The number of nitrogens with two attached hydrogens (primary N) is 1. The van der Waals surface area contributed by atoms with E-state index in [1.54, 1.807) is 35.0 Å². The number of amides is 1. The summed E-state index contributed by atoms with van der Waals surface area (Å²) in [6, 6.07) is 3.29. The molecule has 0 atom stereocenters. The molecule has 0 fully saturated rings. The molecule has 0 aliphatic heterocycles. The van der Waals surface area contributed by atoms with E-state index in [4.69, 9.17) is 5.73 Å². The molecule has 2 heterocycles. The van der Waals surface area contributed by atoms with Gasteiger partial charge >= 0.3 is 0 Å². The molecule has 0 spiro atoms. The number of hydrogen-bond donors (Lipinski definition) is 1. The summed E-state index contributed by atoms with van der Waals surface area (Å²) in [5, 5.41) is 4.06. The van der Waals surface area contributed by atoms with Crippen molar-refractivity contribution in [2.75, 3.05) is 12.8 Å². The third-order valence-corrected chi connectivity index (χ3v) is 2.56. The van der Waals surface area contributed by atoms with Crippen LogP contribution in [0, 0.1) is 0 Å². The van der Waals surface area contributed by atoms with Crippen LogP contribution in [-0.2, 0) is 13.6 Å². The van der Waals surface area contributed by atoms with Gasteiger partial charge in [-0.05, 0) is 12.1 Å². The maximum absolute atomic E-state index is 12.1. The van der Waals surface area contributed by atoms with Gasteiger partial charge < -0.3 is 10.6 Å². The summed E-state index contributed by atoms with van der Waals surface area (Å²) in [6.45, 7) is 0.511. The third-order valence-electron chi connectivity index (χ3n) is 2.56. The first-order chi connectivity index (χ1) is 8.56. The molecule has 0 radical (unpaired) electrons. The van der Waals surface area contributed by atoms with Crippen molar-refractivity contribution in [2.45, 2.75) is 6.54 Å². The SMILES string of the molecule is CN(Cc1cnn(C)c1)C(=O)c1ccc(N)nc1. The minimum atomic E-state index is -0.0913. The van der Waals surface area contributed by atoms with E-state index in [0.29, 0.717) is 17.9 Å². The van der Waals surface area contributed by atoms with Crippen LogP contribution in [0.5, 0.6) is 0 Å². The Bertz CT molecular complexity index is 546. The standard InChI is InChI=1S/C12H15N5O/c1-16(7-9-5-15-17(2)8-9)12(18)10-3-4-11(13)14-6-10/h3-6,8H,7H2,1-2H3,(H2,13,14). The van der Waals surface area contributed by atoms with Crippen LogP contribution in [0.15, 0.2) is 30.7 Å². The number of hydrogen-bond acceptors (Lipinski definition) is 4. The zero-order valence-corrected chi connectivity index (χ0v) is 10.4. The molecule has 0 saturated heterocycles. The first-order valence-corrected chi connectivity index (χ1v) is 5.51. The quantitative estimate of drug-likeness (QED) is 0.862. The van der Waals surface area contributed by atoms with Gasteiger partial charge in [0.05, 0.1) is 11.8 Å². The summed E-state index contributed by atoms with van der Waals surface area (Å²) in [5.74, 6) is 0.313. The smallest absolute Gasteiger partial charge is 0.255 e. The van der Waals surface area contributed by atoms with Crippen LogP contribution in [0.1, 0.15) is 15.9 Å². The van der Waals surface area contributed by atoms with E-state index in [0.717, 1.165) is 5.56 Å². The van der Waals surface area contributed by atoms with Gasteiger partial charge in [0.2, 0.25) is 0 Å². The number of rotatable bonds is 3. The Labute approximate surface area is 105 Å². The predicted octanol–water partition coefficient (Wildman–Crippen LogP) is 0.669. The lowest BCUT2D eigenvalue weighted by molar-refractivity contribution is 0.0784. The zero-order chi connectivity index (χ0) is 13.1. The average molecular weight is 245 g/mol. The van der Waals surface area contributed by atoms with E-state index >= 15 is 0 Å². The molecule has 0 unspecified atom stereocenters. The Kier molecular flexibility index (Phi) is 3.27. The Balaban J connectivity index is 2.07. The summed E-state index contributed by atoms with van der Waals surface area (Å²) < 4.78 is 1.71. The van der Waals surface area contributed by atoms with Gasteiger partial charge in [-0.1, -0.05) is 0 Å². The predicted molar refractivity (Wildman–Crippen MR) is 67.7 cm³/mol. The van der Waals surface area contributed by atoms with Crippen LogP contribution in [0.2, 0.25) is 0 Å². The van der Waals surface area contributed by atoms with Crippen LogP contribution < -0.4 is 5.73 Å². The Hall–Kier alpha value is -2.37. The normalized spacial score (nSPS) is 10.3. The molecule has 0 aliphatic carbocycles. The fourth-order valence-electron chi connectivity index (χ4n) is 1.65. The molecule has 6 heteroatoms. The molecule has 94 valence electrons. The van der Waals surface area contributed by atoms with Crippen molar-refractivity contribution in [2.24, 2.45) is 7.05 Å². The highest BCUT2D eigenvalue weighted by Crippen LogP contribution is 2.08. The minimum absolute atomic E-state index is 0.0913. The average Bonchev–Trinajstić information content (AvgIpc) is 2.75. The molecule has 2 N–H and O–H groups in total. The van der Waals surface area contributed by atoms with Crippen molar-refractivity contribution in [1.82, 2.24) is 19.7 Å². The van der Waals surface area contributed by atoms with Crippen LogP contribution in [0.4, 0.5) is 5.82 Å². The topological polar surface area (TPSA) is 77.0 Å². The number of pyridine rings is 1. The van der Waals surface area contributed by atoms with Gasteiger partial charge in [0, 0.05) is 38.6 Å². The molecule has 1 amide bonds. The first kappa shape index (κ1) is 12.1. The number of aromatic nitrogens is 3. The first-order valence-electron chi connectivity index (χ1n) is 5.51. The highest BCUT2D eigenvalue weighted by molar-refractivity contribution is 5.93. The summed E-state index contributed by atoms with van der Waals surface area (Å²) in [7, 11) is 3.58. The lowest BCUT2D eigenvalue weighted by Gasteiger charge is -2.15. The highest BCUT2D eigenvalue weighted by atomic mass is 16.2. The van der Waals surface area contributed by atoms with E-state index in [1.807, 2.05) is 13.2 Å². The minimum Gasteiger partial charge on any atom is -0.384 e. The van der Waals surface area contributed by atoms with Gasteiger partial charge in [0.1, 0.15) is 5.82 Å². The van der Waals surface area contributed by atoms with E-state index in [9.17, 15) is 4.79 Å². The van der Waals surface area contributed by atoms with Crippen LogP contribution in [0.25, 0.3) is 0 Å². The van der Waals surface area contributed by atoms with E-state index in [2.05, 4.69) is 10.1 Å². The number of aryl methyl sites for hydroxylation is 1. The number of anilines is 1. The largest absolute Gasteiger partial charge is 0.384 e. The maximum Gasteiger partial charge on any atom is 0.255 e. The molecule has 2 aromatic heterocycles. The molecule has 0 saturated carbocycles. The van der Waals surface area contributed by atoms with Crippen LogP contribution in [-0.4, -0.2) is 32.6 Å². The zero-order valence-electron chi connectivity index (χ0n) is 10.4. The summed E-state index contributed by atoms with van der Waals surface area (Å²) in [4.78, 5) is 17.6. The van der Waals surface area contributed by atoms with Crippen molar-refractivity contribution in [1.29, 1.82) is 0 Å².